The summed E-state index contributed by atoms with van der Waals surface area (Å²) in [6, 6.07) is 11.7. The Morgan fingerprint density at radius 2 is 1.92 bits per heavy atom. The van der Waals surface area contributed by atoms with Gasteiger partial charge in [0.05, 0.1) is 11.4 Å². The van der Waals surface area contributed by atoms with Crippen molar-refractivity contribution in [2.24, 2.45) is 0 Å². The predicted octanol–water partition coefficient (Wildman–Crippen LogP) is 2.73. The molecule has 0 aliphatic carbocycles. The maximum atomic E-state index is 12.4. The molecular formula is C19H20N2O4. The van der Waals surface area contributed by atoms with Crippen LogP contribution in [0.4, 0.5) is 0 Å². The summed E-state index contributed by atoms with van der Waals surface area (Å²) in [5.41, 5.74) is 0.156. The van der Waals surface area contributed by atoms with Gasteiger partial charge in [-0.25, -0.2) is 0 Å². The normalized spacial score (nSPS) is 12.5. The Kier molecular flexibility index (Phi) is 4.72. The van der Waals surface area contributed by atoms with Gasteiger partial charge in [0.15, 0.2) is 11.2 Å². The summed E-state index contributed by atoms with van der Waals surface area (Å²) in [6.45, 7) is 2.20. The molecule has 2 heterocycles. The molecule has 0 fully saturated rings. The third-order valence-corrected chi connectivity index (χ3v) is 4.03. The fraction of sp³-hybridized carbons (Fsp3) is 0.263. The quantitative estimate of drug-likeness (QED) is 0.773. The molecule has 0 bridgehead atoms. The largest absolute Gasteiger partial charge is 0.465 e. The number of carbonyl (C=O) groups excluding carboxylic acids is 1. The topological polar surface area (TPSA) is 75.7 Å². The Morgan fingerprint density at radius 1 is 1.16 bits per heavy atom. The standard InChI is InChI=1S/C19H20N2O4/c1-12-8-9-17(24-12)14(21(2)3)11-20-19(23)18-10-15(22)13-6-4-5-7-16(13)25-18/h4-10,14H,11H2,1-3H3,(H,20,23)/t14-/m0/s1. The molecule has 1 amide bonds. The van der Waals surface area contributed by atoms with Gasteiger partial charge < -0.3 is 14.2 Å². The van der Waals surface area contributed by atoms with E-state index in [0.717, 1.165) is 11.5 Å². The summed E-state index contributed by atoms with van der Waals surface area (Å²) < 4.78 is 11.2. The zero-order chi connectivity index (χ0) is 18.0. The van der Waals surface area contributed by atoms with Crippen LogP contribution < -0.4 is 10.7 Å². The fourth-order valence-corrected chi connectivity index (χ4v) is 2.66. The van der Waals surface area contributed by atoms with E-state index in [4.69, 9.17) is 8.83 Å². The highest BCUT2D eigenvalue weighted by Crippen LogP contribution is 2.20. The maximum Gasteiger partial charge on any atom is 0.287 e. The minimum absolute atomic E-state index is 0.00293. The number of rotatable bonds is 5. The summed E-state index contributed by atoms with van der Waals surface area (Å²) >= 11 is 0. The Hall–Kier alpha value is -2.86. The first-order valence-corrected chi connectivity index (χ1v) is 7.99. The van der Waals surface area contributed by atoms with Crippen molar-refractivity contribution in [2.45, 2.75) is 13.0 Å². The molecule has 130 valence electrons. The molecular weight excluding hydrogens is 320 g/mol. The maximum absolute atomic E-state index is 12.4. The van der Waals surface area contributed by atoms with Gasteiger partial charge >= 0.3 is 0 Å². The van der Waals surface area contributed by atoms with Crippen molar-refractivity contribution in [3.05, 3.63) is 70.0 Å². The smallest absolute Gasteiger partial charge is 0.287 e. The van der Waals surface area contributed by atoms with Crippen LogP contribution in [0.15, 0.2) is 56.1 Å². The Labute approximate surface area is 145 Å². The number of likely N-dealkylation sites (N-methyl/N-ethyl adjacent to an activating group) is 1. The van der Waals surface area contributed by atoms with E-state index in [1.54, 1.807) is 24.3 Å². The van der Waals surface area contributed by atoms with Crippen molar-refractivity contribution in [3.63, 3.8) is 0 Å². The van der Waals surface area contributed by atoms with Gasteiger partial charge in [-0.05, 0) is 45.3 Å². The number of nitrogens with one attached hydrogen (secondary N) is 1. The lowest BCUT2D eigenvalue weighted by atomic mass is 10.2. The van der Waals surface area contributed by atoms with E-state index in [1.165, 1.54) is 6.07 Å². The first-order valence-electron chi connectivity index (χ1n) is 7.99. The van der Waals surface area contributed by atoms with Crippen LogP contribution in [0.25, 0.3) is 11.0 Å². The van der Waals surface area contributed by atoms with Gasteiger partial charge in [0, 0.05) is 12.6 Å². The van der Waals surface area contributed by atoms with Gasteiger partial charge in [0.1, 0.15) is 17.1 Å². The Morgan fingerprint density at radius 3 is 2.60 bits per heavy atom. The average molecular weight is 340 g/mol. The summed E-state index contributed by atoms with van der Waals surface area (Å²) in [7, 11) is 3.82. The number of fused-ring (bicyclic) bond motifs is 1. The number of hydrogen-bond donors (Lipinski definition) is 1. The SMILES string of the molecule is Cc1ccc([C@H](CNC(=O)c2cc(=O)c3ccccc3o2)N(C)C)o1. The molecule has 1 aromatic carbocycles. The van der Waals surface area contributed by atoms with Gasteiger partial charge in [-0.1, -0.05) is 12.1 Å². The lowest BCUT2D eigenvalue weighted by molar-refractivity contribution is 0.0911. The van der Waals surface area contributed by atoms with Crippen molar-refractivity contribution in [3.8, 4) is 0 Å². The number of benzene rings is 1. The minimum atomic E-state index is -0.432. The Balaban J connectivity index is 1.78. The predicted molar refractivity (Wildman–Crippen MR) is 94.7 cm³/mol. The number of amides is 1. The van der Waals surface area contributed by atoms with Crippen LogP contribution in [0.2, 0.25) is 0 Å². The third kappa shape index (κ3) is 3.64. The van der Waals surface area contributed by atoms with Gasteiger partial charge in [-0.2, -0.15) is 0 Å². The molecule has 0 radical (unpaired) electrons. The number of carbonyl (C=O) groups is 1. The zero-order valence-corrected chi connectivity index (χ0v) is 14.4. The zero-order valence-electron chi connectivity index (χ0n) is 14.4. The fourth-order valence-electron chi connectivity index (χ4n) is 2.66. The highest BCUT2D eigenvalue weighted by Gasteiger charge is 2.20. The molecule has 2 aromatic heterocycles. The second kappa shape index (κ2) is 6.94. The minimum Gasteiger partial charge on any atom is -0.465 e. The van der Waals surface area contributed by atoms with Crippen LogP contribution in [0, 0.1) is 6.92 Å². The van der Waals surface area contributed by atoms with Crippen molar-refractivity contribution in [1.82, 2.24) is 10.2 Å². The van der Waals surface area contributed by atoms with Crippen LogP contribution in [0.1, 0.15) is 28.1 Å². The molecule has 6 nitrogen and oxygen atoms in total. The molecule has 1 atom stereocenters. The van der Waals surface area contributed by atoms with E-state index in [1.807, 2.05) is 38.1 Å². The van der Waals surface area contributed by atoms with E-state index < -0.39 is 5.91 Å². The highest BCUT2D eigenvalue weighted by molar-refractivity contribution is 5.93. The van der Waals surface area contributed by atoms with Crippen LogP contribution in [0.3, 0.4) is 0 Å². The Bertz CT molecular complexity index is 955. The monoisotopic (exact) mass is 340 g/mol. The molecule has 0 saturated carbocycles. The number of para-hydroxylation sites is 1. The molecule has 0 saturated heterocycles. The van der Waals surface area contributed by atoms with Crippen LogP contribution in [-0.2, 0) is 0 Å². The average Bonchev–Trinajstić information content (AvgIpc) is 3.00. The highest BCUT2D eigenvalue weighted by atomic mass is 16.3. The molecule has 0 spiro atoms. The first-order chi connectivity index (χ1) is 12.0. The summed E-state index contributed by atoms with van der Waals surface area (Å²) in [5, 5.41) is 3.26. The first kappa shape index (κ1) is 17.0. The molecule has 0 unspecified atom stereocenters. The van der Waals surface area contributed by atoms with Crippen molar-refractivity contribution in [2.75, 3.05) is 20.6 Å². The van der Waals surface area contributed by atoms with Gasteiger partial charge in [0.2, 0.25) is 0 Å². The number of furan rings is 1. The van der Waals surface area contributed by atoms with Crippen LogP contribution in [-0.4, -0.2) is 31.4 Å². The summed E-state index contributed by atoms with van der Waals surface area (Å²) in [6.07, 6.45) is 0. The van der Waals surface area contributed by atoms with E-state index in [0.29, 0.717) is 17.5 Å². The molecule has 3 aromatic rings. The van der Waals surface area contributed by atoms with E-state index in [9.17, 15) is 9.59 Å². The van der Waals surface area contributed by atoms with Crippen LogP contribution >= 0.6 is 0 Å². The van der Waals surface area contributed by atoms with Crippen molar-refractivity contribution < 1.29 is 13.6 Å². The molecule has 6 heteroatoms. The molecule has 1 N–H and O–H groups in total. The van der Waals surface area contributed by atoms with Crippen molar-refractivity contribution in [1.29, 1.82) is 0 Å². The van der Waals surface area contributed by atoms with Crippen molar-refractivity contribution >= 4 is 16.9 Å². The second-order valence-electron chi connectivity index (χ2n) is 6.11. The van der Waals surface area contributed by atoms with Gasteiger partial charge in [0.25, 0.3) is 5.91 Å². The summed E-state index contributed by atoms with van der Waals surface area (Å²) in [5.74, 6) is 1.14. The lowest BCUT2D eigenvalue weighted by Gasteiger charge is -2.22. The third-order valence-electron chi connectivity index (χ3n) is 4.03. The number of hydrogen-bond acceptors (Lipinski definition) is 5. The molecule has 3 rings (SSSR count). The molecule has 0 aliphatic rings. The number of aryl methyl sites for hydroxylation is 1. The lowest BCUT2D eigenvalue weighted by Crippen LogP contribution is -2.34. The van der Waals surface area contributed by atoms with Gasteiger partial charge in [-0.15, -0.1) is 0 Å². The van der Waals surface area contributed by atoms with E-state index in [-0.39, 0.29) is 17.2 Å². The molecule has 0 aliphatic heterocycles. The van der Waals surface area contributed by atoms with E-state index >= 15 is 0 Å². The molecule has 25 heavy (non-hydrogen) atoms. The number of nitrogens with zero attached hydrogens (tertiary/aromatic N) is 1. The van der Waals surface area contributed by atoms with Crippen LogP contribution in [0.5, 0.6) is 0 Å². The second-order valence-corrected chi connectivity index (χ2v) is 6.11. The summed E-state index contributed by atoms with van der Waals surface area (Å²) in [4.78, 5) is 26.5. The van der Waals surface area contributed by atoms with Gasteiger partial charge in [-0.3, -0.25) is 14.5 Å². The van der Waals surface area contributed by atoms with E-state index in [2.05, 4.69) is 5.32 Å².